The van der Waals surface area contributed by atoms with Crippen LogP contribution in [0.15, 0.2) is 0 Å². The van der Waals surface area contributed by atoms with Gasteiger partial charge in [-0.3, -0.25) is 4.90 Å². The van der Waals surface area contributed by atoms with Gasteiger partial charge >= 0.3 is 0 Å². The fourth-order valence-corrected chi connectivity index (χ4v) is 3.29. The molecule has 0 spiro atoms. The van der Waals surface area contributed by atoms with Crippen LogP contribution in [0.5, 0.6) is 0 Å². The van der Waals surface area contributed by atoms with Gasteiger partial charge < -0.3 is 15.5 Å². The van der Waals surface area contributed by atoms with Crippen molar-refractivity contribution in [2.75, 3.05) is 46.8 Å². The van der Waals surface area contributed by atoms with Crippen molar-refractivity contribution in [3.63, 3.8) is 0 Å². The first-order chi connectivity index (χ1) is 9.15. The van der Waals surface area contributed by atoms with Gasteiger partial charge in [0, 0.05) is 44.3 Å². The Hall–Kier alpha value is -0.160. The largest absolute Gasteiger partial charge is 0.314 e. The van der Waals surface area contributed by atoms with Gasteiger partial charge in [0.25, 0.3) is 0 Å². The Balaban J connectivity index is 1.65. The van der Waals surface area contributed by atoms with E-state index in [1.165, 1.54) is 51.9 Å². The lowest BCUT2D eigenvalue weighted by Crippen LogP contribution is -2.55. The van der Waals surface area contributed by atoms with E-state index in [0.29, 0.717) is 12.1 Å². The molecular formula is C15H32N4. The van der Waals surface area contributed by atoms with Gasteiger partial charge in [0.15, 0.2) is 0 Å². The van der Waals surface area contributed by atoms with Gasteiger partial charge in [0.1, 0.15) is 0 Å². The van der Waals surface area contributed by atoms with Gasteiger partial charge in [-0.2, -0.15) is 0 Å². The molecule has 19 heavy (non-hydrogen) atoms. The van der Waals surface area contributed by atoms with Crippen LogP contribution in [0.3, 0.4) is 0 Å². The van der Waals surface area contributed by atoms with E-state index in [1.54, 1.807) is 0 Å². The Kier molecular flexibility index (Phi) is 6.07. The van der Waals surface area contributed by atoms with Crippen LogP contribution in [0.1, 0.15) is 32.6 Å². The molecule has 0 aromatic carbocycles. The van der Waals surface area contributed by atoms with Crippen LogP contribution in [0.2, 0.25) is 0 Å². The van der Waals surface area contributed by atoms with Crippen LogP contribution < -0.4 is 10.6 Å². The summed E-state index contributed by atoms with van der Waals surface area (Å²) in [5, 5.41) is 7.39. The Morgan fingerprint density at radius 3 is 2.84 bits per heavy atom. The summed E-state index contributed by atoms with van der Waals surface area (Å²) in [6.45, 7) is 8.26. The highest BCUT2D eigenvalue weighted by atomic mass is 15.3. The van der Waals surface area contributed by atoms with E-state index in [4.69, 9.17) is 0 Å². The fraction of sp³-hybridized carbons (Fsp3) is 1.00. The molecule has 112 valence electrons. The minimum Gasteiger partial charge on any atom is -0.314 e. The lowest BCUT2D eigenvalue weighted by atomic mass is 9.98. The van der Waals surface area contributed by atoms with E-state index in [-0.39, 0.29) is 0 Å². The van der Waals surface area contributed by atoms with Crippen molar-refractivity contribution in [3.05, 3.63) is 0 Å². The normalized spacial score (nSPS) is 32.4. The van der Waals surface area contributed by atoms with Crippen molar-refractivity contribution in [1.29, 1.82) is 0 Å². The molecule has 0 bridgehead atoms. The van der Waals surface area contributed by atoms with Crippen LogP contribution in [0.4, 0.5) is 0 Å². The summed E-state index contributed by atoms with van der Waals surface area (Å²) < 4.78 is 0. The molecule has 0 saturated carbocycles. The van der Waals surface area contributed by atoms with Gasteiger partial charge in [-0.15, -0.1) is 0 Å². The summed E-state index contributed by atoms with van der Waals surface area (Å²) in [5.74, 6) is 0. The second-order valence-corrected chi connectivity index (χ2v) is 6.59. The summed E-state index contributed by atoms with van der Waals surface area (Å²) in [5.41, 5.74) is 0. The topological polar surface area (TPSA) is 30.5 Å². The molecular weight excluding hydrogens is 236 g/mol. The summed E-state index contributed by atoms with van der Waals surface area (Å²) in [6, 6.07) is 2.03. The standard InChI is InChI=1S/C15H32N4/c1-13(10-14-6-4-5-7-16-14)17-11-15-12-18(2)8-9-19(15)3/h13-17H,4-12H2,1-3H3. The third kappa shape index (κ3) is 5.03. The molecule has 0 radical (unpaired) electrons. The predicted octanol–water partition coefficient (Wildman–Crippen LogP) is 0.743. The maximum atomic E-state index is 3.74. The van der Waals surface area contributed by atoms with Crippen molar-refractivity contribution in [2.45, 2.75) is 50.7 Å². The highest BCUT2D eigenvalue weighted by molar-refractivity contribution is 4.83. The van der Waals surface area contributed by atoms with Crippen LogP contribution >= 0.6 is 0 Å². The molecule has 0 aromatic rings. The average molecular weight is 268 g/mol. The third-order valence-corrected chi connectivity index (χ3v) is 4.73. The van der Waals surface area contributed by atoms with E-state index >= 15 is 0 Å². The molecule has 2 N–H and O–H groups in total. The number of nitrogens with zero attached hydrogens (tertiary/aromatic N) is 2. The summed E-state index contributed by atoms with van der Waals surface area (Å²) in [4.78, 5) is 4.94. The zero-order chi connectivity index (χ0) is 13.7. The van der Waals surface area contributed by atoms with Crippen LogP contribution in [-0.4, -0.2) is 74.7 Å². The average Bonchev–Trinajstić information content (AvgIpc) is 2.41. The maximum Gasteiger partial charge on any atom is 0.0345 e. The number of rotatable bonds is 5. The number of hydrogen-bond acceptors (Lipinski definition) is 4. The molecule has 2 saturated heterocycles. The highest BCUT2D eigenvalue weighted by Crippen LogP contribution is 2.12. The molecule has 2 aliphatic heterocycles. The van der Waals surface area contributed by atoms with Crippen molar-refractivity contribution in [1.82, 2.24) is 20.4 Å². The van der Waals surface area contributed by atoms with E-state index in [0.717, 1.165) is 12.6 Å². The number of piperazine rings is 1. The lowest BCUT2D eigenvalue weighted by Gasteiger charge is -2.38. The summed E-state index contributed by atoms with van der Waals surface area (Å²) in [7, 11) is 4.49. The molecule has 2 rings (SSSR count). The monoisotopic (exact) mass is 268 g/mol. The van der Waals surface area contributed by atoms with Crippen molar-refractivity contribution in [3.8, 4) is 0 Å². The number of nitrogens with one attached hydrogen (secondary N) is 2. The van der Waals surface area contributed by atoms with Gasteiger partial charge in [-0.05, 0) is 46.8 Å². The first-order valence-corrected chi connectivity index (χ1v) is 8.00. The first-order valence-electron chi connectivity index (χ1n) is 8.00. The van der Waals surface area contributed by atoms with Crippen LogP contribution in [0, 0.1) is 0 Å². The Morgan fingerprint density at radius 1 is 1.26 bits per heavy atom. The SMILES string of the molecule is CC(CC1CCCCN1)NCC1CN(C)CCN1C. The fourth-order valence-electron chi connectivity index (χ4n) is 3.29. The van der Waals surface area contributed by atoms with Crippen LogP contribution in [-0.2, 0) is 0 Å². The zero-order valence-corrected chi connectivity index (χ0v) is 13.0. The Labute approximate surface area is 118 Å². The Morgan fingerprint density at radius 2 is 2.11 bits per heavy atom. The Bertz CT molecular complexity index is 253. The molecule has 0 aromatic heterocycles. The minimum absolute atomic E-state index is 0.622. The minimum atomic E-state index is 0.622. The van der Waals surface area contributed by atoms with Crippen molar-refractivity contribution >= 4 is 0 Å². The van der Waals surface area contributed by atoms with Gasteiger partial charge in [0.2, 0.25) is 0 Å². The number of hydrogen-bond donors (Lipinski definition) is 2. The van der Waals surface area contributed by atoms with Gasteiger partial charge in [-0.25, -0.2) is 0 Å². The second-order valence-electron chi connectivity index (χ2n) is 6.59. The lowest BCUT2D eigenvalue weighted by molar-refractivity contribution is 0.111. The van der Waals surface area contributed by atoms with E-state index < -0.39 is 0 Å². The van der Waals surface area contributed by atoms with E-state index in [9.17, 15) is 0 Å². The van der Waals surface area contributed by atoms with E-state index in [2.05, 4.69) is 41.5 Å². The van der Waals surface area contributed by atoms with Gasteiger partial charge in [-0.1, -0.05) is 6.42 Å². The number of piperidine rings is 1. The quantitative estimate of drug-likeness (QED) is 0.770. The first kappa shape index (κ1) is 15.2. The molecule has 3 unspecified atom stereocenters. The second kappa shape index (κ2) is 7.58. The third-order valence-electron chi connectivity index (χ3n) is 4.73. The molecule has 4 nitrogen and oxygen atoms in total. The molecule has 2 heterocycles. The number of likely N-dealkylation sites (N-methyl/N-ethyl adjacent to an activating group) is 2. The predicted molar refractivity (Wildman–Crippen MR) is 81.6 cm³/mol. The maximum absolute atomic E-state index is 3.74. The van der Waals surface area contributed by atoms with Crippen molar-refractivity contribution < 1.29 is 0 Å². The molecule has 0 aliphatic carbocycles. The van der Waals surface area contributed by atoms with Crippen LogP contribution in [0.25, 0.3) is 0 Å². The summed E-state index contributed by atoms with van der Waals surface area (Å²) >= 11 is 0. The molecule has 0 amide bonds. The van der Waals surface area contributed by atoms with E-state index in [1.807, 2.05) is 0 Å². The smallest absolute Gasteiger partial charge is 0.0345 e. The summed E-state index contributed by atoms with van der Waals surface area (Å²) in [6.07, 6.45) is 5.39. The van der Waals surface area contributed by atoms with Crippen molar-refractivity contribution in [2.24, 2.45) is 0 Å². The molecule has 2 fully saturated rings. The highest BCUT2D eigenvalue weighted by Gasteiger charge is 2.23. The zero-order valence-electron chi connectivity index (χ0n) is 13.0. The molecule has 2 aliphatic rings. The molecule has 3 atom stereocenters. The molecule has 4 heteroatoms. The van der Waals surface area contributed by atoms with Gasteiger partial charge in [0.05, 0.1) is 0 Å².